The van der Waals surface area contributed by atoms with Crippen molar-refractivity contribution in [3.63, 3.8) is 0 Å². The first-order valence-electron chi connectivity index (χ1n) is 6.37. The molecule has 1 nitrogen and oxygen atoms in total. The molecule has 0 heterocycles. The van der Waals surface area contributed by atoms with Gasteiger partial charge in [0.15, 0.2) is 0 Å². The minimum Gasteiger partial charge on any atom is -0.327 e. The molecule has 0 spiro atoms. The van der Waals surface area contributed by atoms with Crippen LogP contribution in [-0.4, -0.2) is 6.04 Å². The molecule has 0 saturated heterocycles. The monoisotopic (exact) mass is 271 g/mol. The number of benzene rings is 1. The zero-order valence-electron chi connectivity index (χ0n) is 9.96. The van der Waals surface area contributed by atoms with Gasteiger partial charge in [0.2, 0.25) is 0 Å². The van der Waals surface area contributed by atoms with E-state index < -0.39 is 0 Å². The van der Waals surface area contributed by atoms with Crippen LogP contribution in [0.25, 0.3) is 0 Å². The number of hydrogen-bond acceptors (Lipinski definition) is 1. The molecule has 0 radical (unpaired) electrons. The van der Waals surface area contributed by atoms with Gasteiger partial charge in [-0.15, -0.1) is 0 Å². The van der Waals surface area contributed by atoms with Gasteiger partial charge in [0, 0.05) is 6.04 Å². The molecule has 2 unspecified atom stereocenters. The number of rotatable bonds is 2. The van der Waals surface area contributed by atoms with Crippen LogP contribution in [-0.2, 0) is 6.42 Å². The van der Waals surface area contributed by atoms with Crippen molar-refractivity contribution in [1.82, 2.24) is 0 Å². The molecule has 2 N–H and O–H groups in total. The van der Waals surface area contributed by atoms with Crippen molar-refractivity contribution >= 4 is 23.2 Å². The van der Waals surface area contributed by atoms with Crippen LogP contribution in [0.15, 0.2) is 18.2 Å². The molecule has 1 aliphatic carbocycles. The third-order valence-corrected chi connectivity index (χ3v) is 4.59. The van der Waals surface area contributed by atoms with Crippen molar-refractivity contribution in [1.29, 1.82) is 0 Å². The first-order valence-corrected chi connectivity index (χ1v) is 7.12. The summed E-state index contributed by atoms with van der Waals surface area (Å²) in [6.45, 7) is 0. The molecule has 17 heavy (non-hydrogen) atoms. The molecule has 1 fully saturated rings. The Labute approximate surface area is 113 Å². The Morgan fingerprint density at radius 3 is 2.71 bits per heavy atom. The normalized spacial score (nSPS) is 25.6. The van der Waals surface area contributed by atoms with Crippen molar-refractivity contribution in [2.24, 2.45) is 11.7 Å². The Morgan fingerprint density at radius 2 is 1.88 bits per heavy atom. The van der Waals surface area contributed by atoms with Crippen LogP contribution in [0.4, 0.5) is 0 Å². The van der Waals surface area contributed by atoms with E-state index in [2.05, 4.69) is 6.07 Å². The molecule has 0 amide bonds. The maximum atomic E-state index is 6.24. The first kappa shape index (κ1) is 13.2. The van der Waals surface area contributed by atoms with Crippen LogP contribution in [0.2, 0.25) is 10.0 Å². The standard InChI is InChI=1S/C14H19Cl2N/c15-12-7-4-6-11(14(12)16)9-10-5-2-1-3-8-13(10)17/h4,6-7,10,13H,1-3,5,8-9,17H2. The minimum absolute atomic E-state index is 0.313. The summed E-state index contributed by atoms with van der Waals surface area (Å²) in [6, 6.07) is 6.17. The molecular weight excluding hydrogens is 253 g/mol. The second-order valence-corrected chi connectivity index (χ2v) is 5.76. The molecule has 1 aliphatic rings. The van der Waals surface area contributed by atoms with Gasteiger partial charge in [0.1, 0.15) is 0 Å². The number of halogens is 2. The molecule has 2 rings (SSSR count). The van der Waals surface area contributed by atoms with E-state index in [0.29, 0.717) is 22.0 Å². The summed E-state index contributed by atoms with van der Waals surface area (Å²) < 4.78 is 0. The Balaban J connectivity index is 2.10. The van der Waals surface area contributed by atoms with Gasteiger partial charge in [0.25, 0.3) is 0 Å². The second kappa shape index (κ2) is 6.08. The molecule has 1 aromatic carbocycles. The van der Waals surface area contributed by atoms with Crippen molar-refractivity contribution in [2.45, 2.75) is 44.6 Å². The Hall–Kier alpha value is -0.240. The summed E-state index contributed by atoms with van der Waals surface area (Å²) in [7, 11) is 0. The summed E-state index contributed by atoms with van der Waals surface area (Å²) in [5, 5.41) is 1.34. The molecule has 0 aromatic heterocycles. The van der Waals surface area contributed by atoms with Gasteiger partial charge in [-0.3, -0.25) is 0 Å². The molecule has 0 bridgehead atoms. The van der Waals surface area contributed by atoms with E-state index in [1.807, 2.05) is 12.1 Å². The van der Waals surface area contributed by atoms with Crippen LogP contribution < -0.4 is 5.73 Å². The zero-order valence-corrected chi connectivity index (χ0v) is 11.5. The zero-order chi connectivity index (χ0) is 12.3. The van der Waals surface area contributed by atoms with Gasteiger partial charge in [-0.25, -0.2) is 0 Å². The van der Waals surface area contributed by atoms with E-state index in [9.17, 15) is 0 Å². The maximum absolute atomic E-state index is 6.24. The van der Waals surface area contributed by atoms with E-state index >= 15 is 0 Å². The van der Waals surface area contributed by atoms with Crippen LogP contribution >= 0.6 is 23.2 Å². The fourth-order valence-electron chi connectivity index (χ4n) is 2.66. The number of nitrogens with two attached hydrogens (primary N) is 1. The van der Waals surface area contributed by atoms with Crippen LogP contribution in [0.1, 0.15) is 37.7 Å². The van der Waals surface area contributed by atoms with Gasteiger partial charge in [0.05, 0.1) is 10.0 Å². The minimum atomic E-state index is 0.313. The first-order chi connectivity index (χ1) is 8.18. The summed E-state index contributed by atoms with van der Waals surface area (Å²) in [5.74, 6) is 0.550. The van der Waals surface area contributed by atoms with Crippen molar-refractivity contribution in [2.75, 3.05) is 0 Å². The highest BCUT2D eigenvalue weighted by atomic mass is 35.5. The average Bonchev–Trinajstić information content (AvgIpc) is 2.51. The molecule has 0 aliphatic heterocycles. The van der Waals surface area contributed by atoms with Gasteiger partial charge in [-0.2, -0.15) is 0 Å². The van der Waals surface area contributed by atoms with Crippen LogP contribution in [0.3, 0.4) is 0 Å². The summed E-state index contributed by atoms with van der Waals surface area (Å²) in [6.07, 6.45) is 7.18. The van der Waals surface area contributed by atoms with Crippen molar-refractivity contribution < 1.29 is 0 Å². The van der Waals surface area contributed by atoms with E-state index in [-0.39, 0.29) is 0 Å². The Kier molecular flexibility index (Phi) is 4.72. The third kappa shape index (κ3) is 3.37. The molecular formula is C14H19Cl2N. The molecule has 1 saturated carbocycles. The SMILES string of the molecule is NC1CCCCCC1Cc1cccc(Cl)c1Cl. The molecule has 94 valence electrons. The van der Waals surface area contributed by atoms with Gasteiger partial charge in [-0.05, 0) is 36.8 Å². The van der Waals surface area contributed by atoms with E-state index in [4.69, 9.17) is 28.9 Å². The van der Waals surface area contributed by atoms with E-state index in [0.717, 1.165) is 18.4 Å². The molecule has 3 heteroatoms. The fourth-order valence-corrected chi connectivity index (χ4v) is 3.05. The third-order valence-electron chi connectivity index (χ3n) is 3.73. The largest absolute Gasteiger partial charge is 0.327 e. The average molecular weight is 272 g/mol. The predicted molar refractivity (Wildman–Crippen MR) is 74.7 cm³/mol. The van der Waals surface area contributed by atoms with E-state index in [1.165, 1.54) is 25.7 Å². The van der Waals surface area contributed by atoms with Gasteiger partial charge in [-0.1, -0.05) is 54.6 Å². The lowest BCUT2D eigenvalue weighted by Crippen LogP contribution is -2.30. The lowest BCUT2D eigenvalue weighted by atomic mass is 9.89. The highest BCUT2D eigenvalue weighted by molar-refractivity contribution is 6.42. The fraction of sp³-hybridized carbons (Fsp3) is 0.571. The quantitative estimate of drug-likeness (QED) is 0.791. The van der Waals surface area contributed by atoms with E-state index in [1.54, 1.807) is 0 Å². The molecule has 2 atom stereocenters. The number of hydrogen-bond donors (Lipinski definition) is 1. The Bertz CT molecular complexity index is 378. The summed E-state index contributed by atoms with van der Waals surface area (Å²) >= 11 is 12.3. The van der Waals surface area contributed by atoms with Gasteiger partial charge >= 0.3 is 0 Å². The second-order valence-electron chi connectivity index (χ2n) is 4.98. The Morgan fingerprint density at radius 1 is 1.12 bits per heavy atom. The predicted octanol–water partition coefficient (Wildman–Crippen LogP) is 4.44. The highest BCUT2D eigenvalue weighted by Gasteiger charge is 2.21. The highest BCUT2D eigenvalue weighted by Crippen LogP contribution is 2.31. The van der Waals surface area contributed by atoms with Crippen molar-refractivity contribution in [3.8, 4) is 0 Å². The van der Waals surface area contributed by atoms with Crippen LogP contribution in [0.5, 0.6) is 0 Å². The lowest BCUT2D eigenvalue weighted by Gasteiger charge is -2.22. The topological polar surface area (TPSA) is 26.0 Å². The molecule has 1 aromatic rings. The maximum Gasteiger partial charge on any atom is 0.0624 e. The van der Waals surface area contributed by atoms with Crippen molar-refractivity contribution in [3.05, 3.63) is 33.8 Å². The summed E-state index contributed by atoms with van der Waals surface area (Å²) in [4.78, 5) is 0. The van der Waals surface area contributed by atoms with Gasteiger partial charge < -0.3 is 5.73 Å². The smallest absolute Gasteiger partial charge is 0.0624 e. The lowest BCUT2D eigenvalue weighted by molar-refractivity contribution is 0.395. The summed E-state index contributed by atoms with van der Waals surface area (Å²) in [5.41, 5.74) is 7.38. The van der Waals surface area contributed by atoms with Crippen LogP contribution in [0, 0.1) is 5.92 Å².